The summed E-state index contributed by atoms with van der Waals surface area (Å²) >= 11 is 0. The van der Waals surface area contributed by atoms with Crippen LogP contribution in [0.2, 0.25) is 0 Å². The third kappa shape index (κ3) is 6.17. The number of methoxy groups -OCH3 is 1. The first-order valence-corrected chi connectivity index (χ1v) is 15.0. The van der Waals surface area contributed by atoms with Crippen molar-refractivity contribution in [3.8, 4) is 5.69 Å². The van der Waals surface area contributed by atoms with Gasteiger partial charge < -0.3 is 19.1 Å². The van der Waals surface area contributed by atoms with Crippen molar-refractivity contribution in [3.05, 3.63) is 59.3 Å². The molecule has 2 fully saturated rings. The summed E-state index contributed by atoms with van der Waals surface area (Å²) in [4.78, 5) is 34.0. The molecule has 0 bridgehead atoms. The number of carbonyl (C=O) groups excluding carboxylic acids is 2. The van der Waals surface area contributed by atoms with Gasteiger partial charge in [0.15, 0.2) is 0 Å². The van der Waals surface area contributed by atoms with Crippen LogP contribution in [0.5, 0.6) is 0 Å². The zero-order valence-corrected chi connectivity index (χ0v) is 25.0. The predicted molar refractivity (Wildman–Crippen MR) is 159 cm³/mol. The molecule has 2 aliphatic rings. The van der Waals surface area contributed by atoms with E-state index in [9.17, 15) is 14.0 Å². The monoisotopic (exact) mass is 562 g/mol. The third-order valence-electron chi connectivity index (χ3n) is 9.30. The Morgan fingerprint density at radius 2 is 1.88 bits per heavy atom. The number of pyridine rings is 1. The zero-order valence-electron chi connectivity index (χ0n) is 25.0. The van der Waals surface area contributed by atoms with Gasteiger partial charge in [-0.25, -0.2) is 4.39 Å². The van der Waals surface area contributed by atoms with Crippen molar-refractivity contribution in [2.24, 2.45) is 17.8 Å². The average Bonchev–Trinajstić information content (AvgIpc) is 3.57. The second kappa shape index (κ2) is 12.3. The van der Waals surface area contributed by atoms with E-state index in [0.717, 1.165) is 69.2 Å². The molecule has 1 amide bonds. The highest BCUT2D eigenvalue weighted by Crippen LogP contribution is 2.34. The van der Waals surface area contributed by atoms with E-state index >= 15 is 0 Å². The lowest BCUT2D eigenvalue weighted by Crippen LogP contribution is -2.33. The lowest BCUT2D eigenvalue weighted by atomic mass is 9.82. The van der Waals surface area contributed by atoms with Crippen LogP contribution < -0.4 is 0 Å². The van der Waals surface area contributed by atoms with Crippen LogP contribution in [0.1, 0.15) is 67.4 Å². The standard InChI is InChI=1S/C33H43FN4O3/c1-21(2)36(4)32(39)28-15-27(34)10-11-29(28)38-20-26(31-22(3)16-35-17-30(31)38)14-24-12-13-37(19-24)18-23-6-8-25(9-7-23)33(40)41-5/h10-11,15-17,20-21,23-25H,6-9,12-14,18-19H2,1-5H3/t23?,24-,25?/m1/s1. The first-order chi connectivity index (χ1) is 19.7. The van der Waals surface area contributed by atoms with E-state index in [1.54, 1.807) is 18.0 Å². The topological polar surface area (TPSA) is 67.7 Å². The fourth-order valence-electron chi connectivity index (χ4n) is 6.78. The summed E-state index contributed by atoms with van der Waals surface area (Å²) in [5.74, 6) is 0.562. The van der Waals surface area contributed by atoms with Crippen LogP contribution in [-0.4, -0.2) is 71.1 Å². The quantitative estimate of drug-likeness (QED) is 0.325. The van der Waals surface area contributed by atoms with Gasteiger partial charge in [-0.15, -0.1) is 0 Å². The second-order valence-corrected chi connectivity index (χ2v) is 12.4. The smallest absolute Gasteiger partial charge is 0.308 e. The summed E-state index contributed by atoms with van der Waals surface area (Å²) in [5.41, 5.74) is 4.29. The van der Waals surface area contributed by atoms with E-state index in [-0.39, 0.29) is 23.8 Å². The molecule has 8 heteroatoms. The molecule has 1 aliphatic heterocycles. The number of benzene rings is 1. The van der Waals surface area contributed by atoms with E-state index in [4.69, 9.17) is 4.74 Å². The van der Waals surface area contributed by atoms with Crippen LogP contribution in [-0.2, 0) is 16.0 Å². The lowest BCUT2D eigenvalue weighted by molar-refractivity contribution is -0.146. The van der Waals surface area contributed by atoms with Gasteiger partial charge in [0.1, 0.15) is 5.82 Å². The molecule has 1 atom stereocenters. The van der Waals surface area contributed by atoms with Crippen molar-refractivity contribution in [2.75, 3.05) is 33.8 Å². The molecular formula is C33H43FN4O3. The van der Waals surface area contributed by atoms with Gasteiger partial charge in [0.05, 0.1) is 36.0 Å². The molecular weight excluding hydrogens is 519 g/mol. The summed E-state index contributed by atoms with van der Waals surface area (Å²) in [6.45, 7) is 9.24. The number of aryl methyl sites for hydroxylation is 1. The van der Waals surface area contributed by atoms with Gasteiger partial charge in [0.25, 0.3) is 5.91 Å². The maximum atomic E-state index is 14.4. The van der Waals surface area contributed by atoms with Gasteiger partial charge in [-0.1, -0.05) is 0 Å². The molecule has 1 aromatic carbocycles. The fourth-order valence-corrected chi connectivity index (χ4v) is 6.78. The van der Waals surface area contributed by atoms with Crippen molar-refractivity contribution in [1.29, 1.82) is 0 Å². The van der Waals surface area contributed by atoms with Crippen molar-refractivity contribution in [3.63, 3.8) is 0 Å². The number of hydrogen-bond acceptors (Lipinski definition) is 5. The highest BCUT2D eigenvalue weighted by molar-refractivity contribution is 5.99. The number of aromatic nitrogens is 2. The minimum absolute atomic E-state index is 0.00676. The molecule has 0 unspecified atom stereocenters. The molecule has 41 heavy (non-hydrogen) atoms. The Morgan fingerprint density at radius 3 is 2.59 bits per heavy atom. The Hall–Kier alpha value is -3.26. The summed E-state index contributed by atoms with van der Waals surface area (Å²) in [6.07, 6.45) is 12.0. The van der Waals surface area contributed by atoms with Gasteiger partial charge in [-0.3, -0.25) is 14.6 Å². The average molecular weight is 563 g/mol. The van der Waals surface area contributed by atoms with Gasteiger partial charge >= 0.3 is 5.97 Å². The Labute approximate surface area is 242 Å². The molecule has 220 valence electrons. The molecule has 0 N–H and O–H groups in total. The number of ether oxygens (including phenoxy) is 1. The maximum absolute atomic E-state index is 14.4. The number of likely N-dealkylation sites (tertiary alicyclic amines) is 1. The molecule has 7 nitrogen and oxygen atoms in total. The summed E-state index contributed by atoms with van der Waals surface area (Å²) < 4.78 is 21.4. The molecule has 0 radical (unpaired) electrons. The second-order valence-electron chi connectivity index (χ2n) is 12.4. The third-order valence-corrected chi connectivity index (χ3v) is 9.30. The number of hydrogen-bond donors (Lipinski definition) is 0. The predicted octanol–water partition coefficient (Wildman–Crippen LogP) is 5.80. The molecule has 0 spiro atoms. The number of halogens is 1. The fraction of sp³-hybridized carbons (Fsp3) is 0.545. The Bertz CT molecular complexity index is 1410. The van der Waals surface area contributed by atoms with Crippen molar-refractivity contribution >= 4 is 22.8 Å². The van der Waals surface area contributed by atoms with Crippen molar-refractivity contribution in [2.45, 2.75) is 65.3 Å². The summed E-state index contributed by atoms with van der Waals surface area (Å²) in [6, 6.07) is 4.46. The SMILES string of the molecule is COC(=O)C1CCC(CN2CC[C@H](Cc3cn(-c4ccc(F)cc4C(=O)N(C)C(C)C)c4cncc(C)c34)C2)CC1. The molecule has 1 aliphatic carbocycles. The van der Waals surface area contributed by atoms with Crippen LogP contribution in [0.3, 0.4) is 0 Å². The van der Waals surface area contributed by atoms with Crippen LogP contribution in [0.25, 0.3) is 16.6 Å². The first-order valence-electron chi connectivity index (χ1n) is 15.0. The van der Waals surface area contributed by atoms with E-state index in [1.165, 1.54) is 30.2 Å². The van der Waals surface area contributed by atoms with E-state index in [2.05, 4.69) is 23.0 Å². The number of fused-ring (bicyclic) bond motifs is 1. The summed E-state index contributed by atoms with van der Waals surface area (Å²) in [5, 5.41) is 1.17. The number of esters is 1. The molecule has 1 saturated heterocycles. The molecule has 1 saturated carbocycles. The van der Waals surface area contributed by atoms with E-state index in [0.29, 0.717) is 23.1 Å². The Morgan fingerprint density at radius 1 is 1.12 bits per heavy atom. The minimum atomic E-state index is -0.426. The van der Waals surface area contributed by atoms with Crippen molar-refractivity contribution < 1.29 is 18.7 Å². The number of carbonyl (C=O) groups is 2. The molecule has 3 heterocycles. The molecule has 2 aromatic heterocycles. The van der Waals surface area contributed by atoms with Crippen LogP contribution >= 0.6 is 0 Å². The molecule has 5 rings (SSSR count). The van der Waals surface area contributed by atoms with Gasteiger partial charge in [-0.05, 0) is 107 Å². The number of rotatable bonds is 8. The summed E-state index contributed by atoms with van der Waals surface area (Å²) in [7, 11) is 3.24. The van der Waals surface area contributed by atoms with Crippen LogP contribution in [0.15, 0.2) is 36.8 Å². The maximum Gasteiger partial charge on any atom is 0.308 e. The van der Waals surface area contributed by atoms with Gasteiger partial charge in [0.2, 0.25) is 0 Å². The number of amides is 1. The normalized spacial score (nSPS) is 21.5. The first kappa shape index (κ1) is 29.2. The van der Waals surface area contributed by atoms with Gasteiger partial charge in [-0.2, -0.15) is 0 Å². The Kier molecular flexibility index (Phi) is 8.78. The largest absolute Gasteiger partial charge is 0.469 e. The minimum Gasteiger partial charge on any atom is -0.469 e. The van der Waals surface area contributed by atoms with Crippen LogP contribution in [0.4, 0.5) is 4.39 Å². The lowest BCUT2D eigenvalue weighted by Gasteiger charge is -2.30. The zero-order chi connectivity index (χ0) is 29.3. The van der Waals surface area contributed by atoms with E-state index < -0.39 is 5.82 Å². The van der Waals surface area contributed by atoms with Crippen LogP contribution in [0, 0.1) is 30.5 Å². The van der Waals surface area contributed by atoms with E-state index in [1.807, 2.05) is 30.8 Å². The number of nitrogens with zero attached hydrogens (tertiary/aromatic N) is 4. The highest BCUT2D eigenvalue weighted by atomic mass is 19.1. The highest BCUT2D eigenvalue weighted by Gasteiger charge is 2.31. The van der Waals surface area contributed by atoms with Crippen molar-refractivity contribution in [1.82, 2.24) is 19.4 Å². The van der Waals surface area contributed by atoms with Gasteiger partial charge in [0, 0.05) is 44.0 Å². The molecule has 3 aromatic rings. The Balaban J connectivity index is 1.35.